The molecule has 3 aliphatic rings. The predicted octanol–water partition coefficient (Wildman–Crippen LogP) is 2.28. The van der Waals surface area contributed by atoms with Gasteiger partial charge in [-0.05, 0) is 51.9 Å². The lowest BCUT2D eigenvalue weighted by Gasteiger charge is -2.62. The summed E-state index contributed by atoms with van der Waals surface area (Å²) in [6.45, 7) is 6.24. The van der Waals surface area contributed by atoms with Gasteiger partial charge in [-0.1, -0.05) is 20.8 Å². The molecule has 8 nitrogen and oxygen atoms in total. The second-order valence-electron chi connectivity index (χ2n) is 7.89. The fraction of sp³-hybridized carbons (Fsp3) is 0.647. The number of carboxylic acids is 1. The van der Waals surface area contributed by atoms with Gasteiger partial charge in [0.25, 0.3) is 5.56 Å². The van der Waals surface area contributed by atoms with E-state index in [4.69, 9.17) is 5.11 Å². The van der Waals surface area contributed by atoms with Crippen LogP contribution in [0.5, 0.6) is 0 Å². The number of hydrogen-bond donors (Lipinski definition) is 3. The Balaban J connectivity index is 1.65. The van der Waals surface area contributed by atoms with Crippen molar-refractivity contribution in [1.82, 2.24) is 15.1 Å². The van der Waals surface area contributed by atoms with Crippen LogP contribution in [0.25, 0.3) is 0 Å². The first-order valence-corrected chi connectivity index (χ1v) is 9.45. The Bertz CT molecular complexity index is 806. The number of amides is 2. The van der Waals surface area contributed by atoms with Gasteiger partial charge in [0.05, 0.1) is 11.9 Å². The van der Waals surface area contributed by atoms with E-state index in [1.54, 1.807) is 0 Å². The van der Waals surface area contributed by atoms with Crippen LogP contribution in [0.2, 0.25) is 0 Å². The van der Waals surface area contributed by atoms with Gasteiger partial charge in [0.1, 0.15) is 11.0 Å². The molecule has 1 heterocycles. The number of carboxylic acid groups (broad SMARTS) is 1. The van der Waals surface area contributed by atoms with Crippen LogP contribution in [-0.2, 0) is 11.3 Å². The van der Waals surface area contributed by atoms with Gasteiger partial charge in [-0.2, -0.15) is 5.10 Å². The number of aromatic nitrogens is 2. The van der Waals surface area contributed by atoms with Crippen molar-refractivity contribution in [3.63, 3.8) is 0 Å². The van der Waals surface area contributed by atoms with Crippen molar-refractivity contribution in [3.8, 4) is 0 Å². The zero-order valence-corrected chi connectivity index (χ0v) is 16.5. The van der Waals surface area contributed by atoms with Gasteiger partial charge in [0.15, 0.2) is 0 Å². The van der Waals surface area contributed by atoms with E-state index in [1.165, 1.54) is 12.6 Å². The predicted molar refractivity (Wildman–Crippen MR) is 98.9 cm³/mol. The van der Waals surface area contributed by atoms with Crippen LogP contribution >= 0.6 is 15.9 Å². The maximum atomic E-state index is 12.4. The van der Waals surface area contributed by atoms with Gasteiger partial charge in [-0.25, -0.2) is 9.48 Å². The van der Waals surface area contributed by atoms with Crippen LogP contribution in [0.15, 0.2) is 15.5 Å². The van der Waals surface area contributed by atoms with Gasteiger partial charge >= 0.3 is 12.0 Å². The molecule has 0 spiro atoms. The zero-order valence-electron chi connectivity index (χ0n) is 15.0. The van der Waals surface area contributed by atoms with Crippen molar-refractivity contribution in [3.05, 3.63) is 21.0 Å². The van der Waals surface area contributed by atoms with Crippen LogP contribution in [0, 0.1) is 23.2 Å². The van der Waals surface area contributed by atoms with Gasteiger partial charge in [-0.3, -0.25) is 9.59 Å². The molecule has 1 aromatic heterocycles. The minimum atomic E-state index is -1.17. The summed E-state index contributed by atoms with van der Waals surface area (Å²) in [7, 11) is 0. The third-order valence-corrected chi connectivity index (χ3v) is 6.96. The fourth-order valence-electron chi connectivity index (χ4n) is 4.46. The normalized spacial score (nSPS) is 28.8. The molecule has 2 amide bonds. The quantitative estimate of drug-likeness (QED) is 0.683. The topological polar surface area (TPSA) is 113 Å². The maximum Gasteiger partial charge on any atom is 0.325 e. The van der Waals surface area contributed by atoms with Gasteiger partial charge < -0.3 is 15.7 Å². The van der Waals surface area contributed by atoms with Crippen LogP contribution in [0.1, 0.15) is 33.6 Å². The van der Waals surface area contributed by atoms with E-state index < -0.39 is 18.1 Å². The second kappa shape index (κ2) is 6.68. The molecule has 0 aromatic carbocycles. The highest BCUT2D eigenvalue weighted by molar-refractivity contribution is 9.10. The molecular weight excluding hydrogens is 404 g/mol. The largest absolute Gasteiger partial charge is 0.480 e. The molecule has 1 aromatic rings. The average Bonchev–Trinajstić information content (AvgIpc) is 2.55. The van der Waals surface area contributed by atoms with Gasteiger partial charge in [-0.15, -0.1) is 0 Å². The summed E-state index contributed by atoms with van der Waals surface area (Å²) in [5, 5.41) is 18.2. The van der Waals surface area contributed by atoms with Crippen molar-refractivity contribution >= 4 is 33.6 Å². The monoisotopic (exact) mass is 426 g/mol. The Morgan fingerprint density at radius 3 is 2.69 bits per heavy atom. The molecular formula is C17H23BrN4O4. The van der Waals surface area contributed by atoms with Gasteiger partial charge in [0.2, 0.25) is 0 Å². The number of halogens is 1. The second-order valence-corrected chi connectivity index (χ2v) is 8.68. The summed E-state index contributed by atoms with van der Waals surface area (Å²) in [6, 6.07) is -0.287. The standard InChI is InChI=1S/C17H23BrN4O4/c1-8-10-4-9(17(10,2)3)5-11(8)20-16(26)21-12-6-19-22(7-13(23)24)15(25)14(12)18/h6,8-11H,4-5,7H2,1-3H3,(H,23,24)(H2,20,21,26)/t8-,9+,10-,11-/m1/s1. The molecule has 3 saturated carbocycles. The third kappa shape index (κ3) is 3.24. The lowest BCUT2D eigenvalue weighted by Crippen LogP contribution is -2.61. The number of fused-ring (bicyclic) bond motifs is 2. The van der Waals surface area contributed by atoms with Crippen LogP contribution in [-0.4, -0.2) is 32.9 Å². The Hall–Kier alpha value is -1.90. The molecule has 4 atom stereocenters. The van der Waals surface area contributed by atoms with E-state index in [9.17, 15) is 14.4 Å². The van der Waals surface area contributed by atoms with Crippen LogP contribution in [0.3, 0.4) is 0 Å². The van der Waals surface area contributed by atoms with Crippen molar-refractivity contribution in [2.75, 3.05) is 5.32 Å². The fourth-order valence-corrected chi connectivity index (χ4v) is 4.87. The van der Waals surface area contributed by atoms with Crippen molar-refractivity contribution < 1.29 is 14.7 Å². The summed E-state index contributed by atoms with van der Waals surface area (Å²) in [4.78, 5) is 35.2. The minimum absolute atomic E-state index is 0.0737. The third-order valence-electron chi connectivity index (χ3n) is 6.19. The Kier molecular flexibility index (Phi) is 4.85. The van der Waals surface area contributed by atoms with Crippen molar-refractivity contribution in [2.24, 2.45) is 23.2 Å². The Morgan fingerprint density at radius 1 is 1.42 bits per heavy atom. The number of nitrogens with zero attached hydrogens (tertiary/aromatic N) is 2. The number of urea groups is 1. The Morgan fingerprint density at radius 2 is 2.12 bits per heavy atom. The highest BCUT2D eigenvalue weighted by Gasteiger charge is 2.56. The van der Waals surface area contributed by atoms with Crippen LogP contribution < -0.4 is 16.2 Å². The van der Waals surface area contributed by atoms with E-state index in [0.717, 1.165) is 11.1 Å². The Labute approximate surface area is 159 Å². The van der Waals surface area contributed by atoms with Crippen molar-refractivity contribution in [1.29, 1.82) is 0 Å². The molecule has 3 N–H and O–H groups in total. The molecule has 26 heavy (non-hydrogen) atoms. The first-order valence-electron chi connectivity index (χ1n) is 8.66. The van der Waals surface area contributed by atoms with E-state index in [1.807, 2.05) is 0 Å². The molecule has 0 radical (unpaired) electrons. The molecule has 3 aliphatic carbocycles. The minimum Gasteiger partial charge on any atom is -0.480 e. The number of aliphatic carboxylic acids is 1. The maximum absolute atomic E-state index is 12.4. The number of rotatable bonds is 4. The molecule has 142 valence electrons. The van der Waals surface area contributed by atoms with Gasteiger partial charge in [0, 0.05) is 6.04 Å². The zero-order chi connectivity index (χ0) is 19.2. The van der Waals surface area contributed by atoms with E-state index in [0.29, 0.717) is 23.2 Å². The highest BCUT2D eigenvalue weighted by atomic mass is 79.9. The van der Waals surface area contributed by atoms with Crippen LogP contribution in [0.4, 0.5) is 10.5 Å². The number of anilines is 1. The molecule has 0 saturated heterocycles. The number of hydrogen-bond acceptors (Lipinski definition) is 4. The lowest BCUT2D eigenvalue weighted by molar-refractivity contribution is -0.138. The molecule has 2 bridgehead atoms. The average molecular weight is 427 g/mol. The number of nitrogens with one attached hydrogen (secondary N) is 2. The van der Waals surface area contributed by atoms with E-state index in [-0.39, 0.29) is 22.2 Å². The highest BCUT2D eigenvalue weighted by Crippen LogP contribution is 2.61. The molecule has 0 aliphatic heterocycles. The summed E-state index contributed by atoms with van der Waals surface area (Å²) >= 11 is 3.11. The van der Waals surface area contributed by atoms with E-state index >= 15 is 0 Å². The molecule has 9 heteroatoms. The summed E-state index contributed by atoms with van der Waals surface area (Å²) in [6.07, 6.45) is 3.45. The molecule has 3 fully saturated rings. The molecule has 0 unspecified atom stereocenters. The smallest absolute Gasteiger partial charge is 0.325 e. The summed E-state index contributed by atoms with van der Waals surface area (Å²) < 4.78 is 0.887. The summed E-state index contributed by atoms with van der Waals surface area (Å²) in [5.74, 6) is 0.464. The SMILES string of the molecule is C[C@@H]1[C@H]2C[C@@H](C[C@H]1NC(=O)Nc1cnn(CC(=O)O)c(=O)c1Br)C2(C)C. The summed E-state index contributed by atoms with van der Waals surface area (Å²) in [5.41, 5.74) is -0.0577. The van der Waals surface area contributed by atoms with Crippen molar-refractivity contribution in [2.45, 2.75) is 46.2 Å². The molecule has 4 rings (SSSR count). The lowest BCUT2D eigenvalue weighted by atomic mass is 9.45. The first-order chi connectivity index (χ1) is 12.1. The number of carbonyl (C=O) groups excluding carboxylic acids is 1. The first kappa shape index (κ1) is 18.9. The number of carbonyl (C=O) groups is 2. The van der Waals surface area contributed by atoms with E-state index in [2.05, 4.69) is 52.4 Å².